The first-order valence-electron chi connectivity index (χ1n) is 12.9. The molecule has 40 heavy (non-hydrogen) atoms. The Labute approximate surface area is 228 Å². The lowest BCUT2D eigenvalue weighted by Crippen LogP contribution is -2.07. The van der Waals surface area contributed by atoms with Gasteiger partial charge in [0.1, 0.15) is 41.9 Å². The molecule has 0 radical (unpaired) electrons. The molecule has 5 aromatic rings. The van der Waals surface area contributed by atoms with Gasteiger partial charge in [-0.2, -0.15) is 0 Å². The summed E-state index contributed by atoms with van der Waals surface area (Å²) in [6.07, 6.45) is 0. The van der Waals surface area contributed by atoms with Gasteiger partial charge in [-0.1, -0.05) is 23.4 Å². The number of ether oxygens (including phenoxy) is 3. The van der Waals surface area contributed by atoms with E-state index in [4.69, 9.17) is 23.7 Å². The minimum Gasteiger partial charge on any atom is -0.492 e. The first kappa shape index (κ1) is 25.6. The molecule has 0 spiro atoms. The fourth-order valence-electron chi connectivity index (χ4n) is 5.19. The van der Waals surface area contributed by atoms with Crippen LogP contribution in [0.15, 0.2) is 63.9 Å². The molecule has 0 bridgehead atoms. The van der Waals surface area contributed by atoms with E-state index in [0.29, 0.717) is 42.5 Å². The van der Waals surface area contributed by atoms with Gasteiger partial charge in [-0.05, 0) is 66.4 Å². The van der Waals surface area contributed by atoms with Crippen molar-refractivity contribution >= 4 is 22.2 Å². The van der Waals surface area contributed by atoms with E-state index in [1.807, 2.05) is 44.2 Å². The quantitative estimate of drug-likeness (QED) is 0.297. The van der Waals surface area contributed by atoms with Gasteiger partial charge in [-0.15, -0.1) is 0 Å². The van der Waals surface area contributed by atoms with Gasteiger partial charge in [-0.3, -0.25) is 9.51 Å². The van der Waals surface area contributed by atoms with Crippen LogP contribution in [-0.2, 0) is 24.5 Å². The zero-order valence-electron chi connectivity index (χ0n) is 22.3. The maximum atomic E-state index is 14.2. The number of benzene rings is 3. The van der Waals surface area contributed by atoms with Crippen LogP contribution < -0.4 is 15.2 Å². The van der Waals surface area contributed by atoms with Gasteiger partial charge in [0.15, 0.2) is 5.82 Å². The number of aromatic amines is 1. The summed E-state index contributed by atoms with van der Waals surface area (Å²) in [5.41, 5.74) is 6.68. The minimum absolute atomic E-state index is 0.232. The van der Waals surface area contributed by atoms with Gasteiger partial charge in [0.2, 0.25) is 0 Å². The van der Waals surface area contributed by atoms with E-state index in [1.54, 1.807) is 13.2 Å². The molecule has 1 aliphatic rings. The lowest BCUT2D eigenvalue weighted by atomic mass is 9.89. The highest BCUT2D eigenvalue weighted by molar-refractivity contribution is 5.99. The summed E-state index contributed by atoms with van der Waals surface area (Å²) in [5.74, 6) is 1.16. The Morgan fingerprint density at radius 1 is 1.15 bits per heavy atom. The molecule has 0 fully saturated rings. The van der Waals surface area contributed by atoms with Crippen LogP contribution in [0.25, 0.3) is 22.2 Å². The molecule has 0 unspecified atom stereocenters. The molecule has 0 saturated carbocycles. The van der Waals surface area contributed by atoms with Crippen molar-refractivity contribution in [3.05, 3.63) is 105 Å². The third-order valence-corrected chi connectivity index (χ3v) is 6.94. The average molecular weight is 543 g/mol. The number of nitrogens with zero attached hydrogens (tertiary/aromatic N) is 3. The van der Waals surface area contributed by atoms with Crippen molar-refractivity contribution in [3.63, 3.8) is 0 Å². The number of imidazole rings is 1. The van der Waals surface area contributed by atoms with Crippen LogP contribution in [0, 0.1) is 5.82 Å². The molecule has 1 N–H and O–H groups in total. The normalized spacial score (nSPS) is 13.9. The van der Waals surface area contributed by atoms with E-state index < -0.39 is 11.6 Å². The van der Waals surface area contributed by atoms with E-state index in [9.17, 15) is 9.18 Å². The first-order chi connectivity index (χ1) is 19.5. The summed E-state index contributed by atoms with van der Waals surface area (Å²) in [7, 11) is 1.64. The number of hydrogen-bond acceptors (Lipinski definition) is 7. The average Bonchev–Trinajstić information content (AvgIpc) is 3.49. The number of allylic oxidation sites excluding steroid dienone is 1. The second-order valence-electron chi connectivity index (χ2n) is 9.47. The SMILES string of the molecule is CCOc1cccc2c1nc(COC)n2Cc1ccc2c(c1)COc1cc(F)ccc1C2=C(C)c1noc(=O)[nH]1. The molecule has 3 aromatic carbocycles. The van der Waals surface area contributed by atoms with Crippen LogP contribution in [0.1, 0.15) is 47.8 Å². The summed E-state index contributed by atoms with van der Waals surface area (Å²) in [5, 5.41) is 3.88. The second-order valence-corrected chi connectivity index (χ2v) is 9.47. The molecule has 9 nitrogen and oxygen atoms in total. The molecule has 0 atom stereocenters. The topological polar surface area (TPSA) is 104 Å². The smallest absolute Gasteiger partial charge is 0.439 e. The number of nitrogens with one attached hydrogen (secondary N) is 1. The Morgan fingerprint density at radius 2 is 2.00 bits per heavy atom. The van der Waals surface area contributed by atoms with Crippen molar-refractivity contribution in [2.45, 2.75) is 33.6 Å². The molecule has 0 aliphatic carbocycles. The molecule has 2 aromatic heterocycles. The fourth-order valence-corrected chi connectivity index (χ4v) is 5.19. The summed E-state index contributed by atoms with van der Waals surface area (Å²) in [6.45, 7) is 5.44. The number of hydrogen-bond donors (Lipinski definition) is 1. The van der Waals surface area contributed by atoms with Gasteiger partial charge < -0.3 is 18.8 Å². The Balaban J connectivity index is 1.47. The zero-order chi connectivity index (χ0) is 27.8. The Morgan fingerprint density at radius 3 is 2.77 bits per heavy atom. The van der Waals surface area contributed by atoms with Crippen molar-refractivity contribution in [3.8, 4) is 11.5 Å². The number of methoxy groups -OCH3 is 1. The number of para-hydroxylation sites is 1. The zero-order valence-corrected chi connectivity index (χ0v) is 22.3. The van der Waals surface area contributed by atoms with Crippen molar-refractivity contribution in [2.75, 3.05) is 13.7 Å². The number of fused-ring (bicyclic) bond motifs is 3. The number of aromatic nitrogens is 4. The van der Waals surface area contributed by atoms with Gasteiger partial charge in [0.05, 0.1) is 12.1 Å². The van der Waals surface area contributed by atoms with Crippen molar-refractivity contribution in [1.82, 2.24) is 19.7 Å². The predicted molar refractivity (Wildman–Crippen MR) is 147 cm³/mol. The standard InChI is InChI=1S/C30H27FN4O5/c1-4-38-24-7-5-6-23-28(24)32-26(16-37-3)35(23)14-18-8-10-21-19(12-18)15-39-25-13-20(31)9-11-22(25)27(21)17(2)29-33-30(36)40-34-29/h5-13H,4,14-16H2,1-3H3,(H,33,34,36). The Bertz CT molecular complexity index is 1820. The molecule has 1 aliphatic heterocycles. The van der Waals surface area contributed by atoms with E-state index in [2.05, 4.69) is 20.8 Å². The largest absolute Gasteiger partial charge is 0.492 e. The van der Waals surface area contributed by atoms with E-state index >= 15 is 0 Å². The number of H-pyrrole nitrogens is 1. The number of halogens is 1. The van der Waals surface area contributed by atoms with Gasteiger partial charge in [0.25, 0.3) is 0 Å². The van der Waals surface area contributed by atoms with Crippen LogP contribution in [0.2, 0.25) is 0 Å². The maximum absolute atomic E-state index is 14.2. The highest BCUT2D eigenvalue weighted by Crippen LogP contribution is 2.41. The monoisotopic (exact) mass is 542 g/mol. The third kappa shape index (κ3) is 4.56. The molecule has 10 heteroatoms. The molecule has 6 rings (SSSR count). The highest BCUT2D eigenvalue weighted by Gasteiger charge is 2.24. The van der Waals surface area contributed by atoms with E-state index in [0.717, 1.165) is 44.9 Å². The molecule has 0 saturated heterocycles. The van der Waals surface area contributed by atoms with Crippen LogP contribution in [0.5, 0.6) is 11.5 Å². The predicted octanol–water partition coefficient (Wildman–Crippen LogP) is 5.32. The van der Waals surface area contributed by atoms with Crippen molar-refractivity contribution in [2.24, 2.45) is 0 Å². The van der Waals surface area contributed by atoms with Crippen LogP contribution >= 0.6 is 0 Å². The molecule has 204 valence electrons. The van der Waals surface area contributed by atoms with E-state index in [-0.39, 0.29) is 6.61 Å². The van der Waals surface area contributed by atoms with Crippen LogP contribution in [0.4, 0.5) is 4.39 Å². The van der Waals surface area contributed by atoms with Gasteiger partial charge in [0, 0.05) is 30.9 Å². The summed E-state index contributed by atoms with van der Waals surface area (Å²) >= 11 is 0. The first-order valence-corrected chi connectivity index (χ1v) is 12.9. The van der Waals surface area contributed by atoms with Crippen LogP contribution in [-0.4, -0.2) is 33.4 Å². The summed E-state index contributed by atoms with van der Waals surface area (Å²) < 4.78 is 38.4. The lowest BCUT2D eigenvalue weighted by molar-refractivity contribution is 0.175. The van der Waals surface area contributed by atoms with Crippen molar-refractivity contribution in [1.29, 1.82) is 0 Å². The summed E-state index contributed by atoms with van der Waals surface area (Å²) in [4.78, 5) is 19.1. The minimum atomic E-state index is -0.651. The van der Waals surface area contributed by atoms with Crippen molar-refractivity contribution < 1.29 is 23.1 Å². The highest BCUT2D eigenvalue weighted by atomic mass is 19.1. The Kier molecular flexibility index (Phi) is 6.69. The molecule has 0 amide bonds. The third-order valence-electron chi connectivity index (χ3n) is 6.94. The van der Waals surface area contributed by atoms with Gasteiger partial charge in [-0.25, -0.2) is 14.2 Å². The van der Waals surface area contributed by atoms with E-state index in [1.165, 1.54) is 12.1 Å². The lowest BCUT2D eigenvalue weighted by Gasteiger charge is -2.15. The number of rotatable bonds is 7. The van der Waals surface area contributed by atoms with Crippen LogP contribution in [0.3, 0.4) is 0 Å². The Hall–Kier alpha value is -4.70. The summed E-state index contributed by atoms with van der Waals surface area (Å²) in [6, 6.07) is 16.5. The molecular formula is C30H27FN4O5. The molecule has 3 heterocycles. The second kappa shape index (κ2) is 10.5. The molecular weight excluding hydrogens is 515 g/mol. The van der Waals surface area contributed by atoms with Gasteiger partial charge >= 0.3 is 5.76 Å². The fraction of sp³-hybridized carbons (Fsp3) is 0.233. The maximum Gasteiger partial charge on any atom is 0.439 e.